The highest BCUT2D eigenvalue weighted by Crippen LogP contribution is 2.23. The Morgan fingerprint density at radius 2 is 1.84 bits per heavy atom. The van der Waals surface area contributed by atoms with Crippen molar-refractivity contribution in [3.8, 4) is 11.8 Å². The van der Waals surface area contributed by atoms with E-state index >= 15 is 0 Å². The van der Waals surface area contributed by atoms with Gasteiger partial charge in [-0.25, -0.2) is 4.39 Å². The molecule has 0 aliphatic heterocycles. The number of carbonyl (C=O) groups excluding carboxylic acids is 1. The van der Waals surface area contributed by atoms with Crippen molar-refractivity contribution in [1.29, 1.82) is 0 Å². The van der Waals surface area contributed by atoms with E-state index in [9.17, 15) is 9.18 Å². The predicted molar refractivity (Wildman–Crippen MR) is 90.1 cm³/mol. The fourth-order valence-corrected chi connectivity index (χ4v) is 1.99. The van der Waals surface area contributed by atoms with E-state index in [4.69, 9.17) is 10.5 Å². The number of rotatable bonds is 6. The number of nitrogens with zero attached hydrogens (tertiary/aromatic N) is 3. The van der Waals surface area contributed by atoms with Crippen LogP contribution in [-0.4, -0.2) is 21.4 Å². The number of amides is 1. The van der Waals surface area contributed by atoms with Gasteiger partial charge in [0.25, 0.3) is 0 Å². The second-order valence-corrected chi connectivity index (χ2v) is 4.83. The number of ether oxygens (including phenoxy) is 1. The van der Waals surface area contributed by atoms with Gasteiger partial charge in [0.05, 0.1) is 0 Å². The number of hydrogen-bond acceptors (Lipinski definition) is 7. The zero-order valence-corrected chi connectivity index (χ0v) is 12.8. The molecule has 4 N–H and O–H groups in total. The lowest BCUT2D eigenvalue weighted by molar-refractivity contribution is -0.105. The minimum atomic E-state index is -0.400. The third kappa shape index (κ3) is 4.38. The van der Waals surface area contributed by atoms with Crippen molar-refractivity contribution in [2.75, 3.05) is 16.4 Å². The second kappa shape index (κ2) is 7.21. The molecule has 0 aliphatic rings. The molecule has 3 aromatic rings. The normalized spacial score (nSPS) is 10.1. The highest BCUT2D eigenvalue weighted by Gasteiger charge is 2.08. The Labute approximate surface area is 141 Å². The van der Waals surface area contributed by atoms with E-state index in [0.29, 0.717) is 23.5 Å². The second-order valence-electron chi connectivity index (χ2n) is 4.83. The van der Waals surface area contributed by atoms with Gasteiger partial charge in [-0.2, -0.15) is 15.0 Å². The van der Waals surface area contributed by atoms with Gasteiger partial charge < -0.3 is 21.1 Å². The smallest absolute Gasteiger partial charge is 0.328 e. The molecule has 0 spiro atoms. The fourth-order valence-electron chi connectivity index (χ4n) is 1.99. The summed E-state index contributed by atoms with van der Waals surface area (Å²) >= 11 is 0. The zero-order valence-electron chi connectivity index (χ0n) is 12.8. The monoisotopic (exact) mass is 340 g/mol. The van der Waals surface area contributed by atoms with E-state index in [1.165, 1.54) is 12.1 Å². The van der Waals surface area contributed by atoms with Gasteiger partial charge in [0.15, 0.2) is 0 Å². The lowest BCUT2D eigenvalue weighted by Crippen LogP contribution is -2.05. The number of hydrogen-bond donors (Lipinski definition) is 3. The van der Waals surface area contributed by atoms with Crippen LogP contribution in [-0.2, 0) is 4.79 Å². The number of carbonyl (C=O) groups is 1. The number of nitrogens with two attached hydrogens (primary N) is 1. The number of nitrogens with one attached hydrogen (secondary N) is 2. The lowest BCUT2D eigenvalue weighted by Gasteiger charge is -2.09. The van der Waals surface area contributed by atoms with Crippen LogP contribution in [0.2, 0.25) is 0 Å². The van der Waals surface area contributed by atoms with Crippen molar-refractivity contribution < 1.29 is 13.9 Å². The van der Waals surface area contributed by atoms with Crippen LogP contribution in [0.1, 0.15) is 0 Å². The minimum absolute atomic E-state index is 0.0466. The van der Waals surface area contributed by atoms with Crippen molar-refractivity contribution in [3.63, 3.8) is 0 Å². The van der Waals surface area contributed by atoms with Gasteiger partial charge in [-0.15, -0.1) is 0 Å². The molecule has 25 heavy (non-hydrogen) atoms. The van der Waals surface area contributed by atoms with Gasteiger partial charge in [0.1, 0.15) is 11.6 Å². The molecule has 0 unspecified atom stereocenters. The van der Waals surface area contributed by atoms with Crippen molar-refractivity contribution in [2.45, 2.75) is 0 Å². The van der Waals surface area contributed by atoms with Gasteiger partial charge in [-0.1, -0.05) is 12.1 Å². The average molecular weight is 340 g/mol. The molecular weight excluding hydrogens is 327 g/mol. The minimum Gasteiger partial charge on any atom is -0.424 e. The Kier molecular flexibility index (Phi) is 4.65. The van der Waals surface area contributed by atoms with E-state index < -0.39 is 5.82 Å². The Bertz CT molecular complexity index is 905. The van der Waals surface area contributed by atoms with Crippen LogP contribution >= 0.6 is 0 Å². The maximum absolute atomic E-state index is 13.2. The molecule has 0 saturated carbocycles. The third-order valence-corrected chi connectivity index (χ3v) is 2.98. The molecule has 0 bridgehead atoms. The topological polar surface area (TPSA) is 115 Å². The molecule has 9 heteroatoms. The summed E-state index contributed by atoms with van der Waals surface area (Å²) in [4.78, 5) is 22.4. The Balaban J connectivity index is 1.81. The molecule has 0 aliphatic carbocycles. The van der Waals surface area contributed by atoms with Gasteiger partial charge >= 0.3 is 6.01 Å². The largest absolute Gasteiger partial charge is 0.424 e. The first kappa shape index (κ1) is 16.1. The van der Waals surface area contributed by atoms with Crippen molar-refractivity contribution in [1.82, 2.24) is 15.0 Å². The lowest BCUT2D eigenvalue weighted by atomic mass is 10.3. The van der Waals surface area contributed by atoms with Crippen LogP contribution in [0.25, 0.3) is 0 Å². The molecule has 0 atom stereocenters. The van der Waals surface area contributed by atoms with Crippen LogP contribution in [0.4, 0.5) is 27.7 Å². The van der Waals surface area contributed by atoms with E-state index in [1.54, 1.807) is 36.4 Å². The number of nitrogen functional groups attached to an aromatic ring is 1. The molecule has 0 fully saturated rings. The number of halogens is 1. The highest BCUT2D eigenvalue weighted by atomic mass is 19.1. The highest BCUT2D eigenvalue weighted by molar-refractivity contribution is 5.71. The van der Waals surface area contributed by atoms with Crippen LogP contribution in [0, 0.1) is 5.82 Å². The van der Waals surface area contributed by atoms with Gasteiger partial charge in [-0.3, -0.25) is 4.79 Å². The summed E-state index contributed by atoms with van der Waals surface area (Å²) in [7, 11) is 0. The molecule has 0 radical (unpaired) electrons. The summed E-state index contributed by atoms with van der Waals surface area (Å²) in [6, 6.07) is 12.4. The third-order valence-electron chi connectivity index (χ3n) is 2.98. The van der Waals surface area contributed by atoms with Crippen LogP contribution in [0.3, 0.4) is 0 Å². The molecule has 0 saturated heterocycles. The first-order chi connectivity index (χ1) is 12.1. The first-order valence-electron chi connectivity index (χ1n) is 7.14. The van der Waals surface area contributed by atoms with Gasteiger partial charge in [-0.05, 0) is 30.3 Å². The standard InChI is InChI=1S/C16H13FN6O2/c17-10-3-1-5-12(7-10)20-15-21-14(18)22-16(23-15)25-13-6-2-4-11(8-13)19-9-24/h1-9H,(H,19,24)(H3,18,20,21,22,23). The predicted octanol–water partition coefficient (Wildman–Crippen LogP) is 2.70. The molecule has 1 aromatic heterocycles. The van der Waals surface area contributed by atoms with Crippen LogP contribution in [0.5, 0.6) is 11.8 Å². The fraction of sp³-hybridized carbons (Fsp3) is 0. The molecule has 3 rings (SSSR count). The SMILES string of the molecule is Nc1nc(Nc2cccc(F)c2)nc(Oc2cccc(NC=O)c2)n1. The van der Waals surface area contributed by atoms with E-state index in [1.807, 2.05) is 0 Å². The quantitative estimate of drug-likeness (QED) is 0.591. The van der Waals surface area contributed by atoms with Crippen LogP contribution in [0.15, 0.2) is 48.5 Å². The van der Waals surface area contributed by atoms with E-state index in [2.05, 4.69) is 25.6 Å². The maximum atomic E-state index is 13.2. The molecule has 2 aromatic carbocycles. The Hall–Kier alpha value is -3.75. The van der Waals surface area contributed by atoms with Crippen molar-refractivity contribution >= 4 is 29.7 Å². The number of benzene rings is 2. The Morgan fingerprint density at radius 1 is 1.04 bits per heavy atom. The number of anilines is 4. The van der Waals surface area contributed by atoms with Crippen LogP contribution < -0.4 is 21.1 Å². The summed E-state index contributed by atoms with van der Waals surface area (Å²) < 4.78 is 18.8. The molecular formula is C16H13FN6O2. The van der Waals surface area contributed by atoms with Gasteiger partial charge in [0.2, 0.25) is 18.3 Å². The summed E-state index contributed by atoms with van der Waals surface area (Å²) in [5.74, 6) is 0.0403. The van der Waals surface area contributed by atoms with Crippen molar-refractivity contribution in [2.24, 2.45) is 0 Å². The molecule has 126 valence electrons. The average Bonchev–Trinajstić information content (AvgIpc) is 2.55. The molecule has 1 amide bonds. The van der Waals surface area contributed by atoms with Gasteiger partial charge in [0, 0.05) is 17.4 Å². The zero-order chi connectivity index (χ0) is 17.6. The van der Waals surface area contributed by atoms with Crippen molar-refractivity contribution in [3.05, 3.63) is 54.3 Å². The Morgan fingerprint density at radius 3 is 2.64 bits per heavy atom. The summed E-state index contributed by atoms with van der Waals surface area (Å²) in [5, 5.41) is 5.33. The summed E-state index contributed by atoms with van der Waals surface area (Å²) in [6.07, 6.45) is 0.557. The van der Waals surface area contributed by atoms with E-state index in [-0.39, 0.29) is 17.9 Å². The maximum Gasteiger partial charge on any atom is 0.328 e. The molecule has 1 heterocycles. The number of aromatic nitrogens is 3. The first-order valence-corrected chi connectivity index (χ1v) is 7.14. The summed E-state index contributed by atoms with van der Waals surface area (Å²) in [5.41, 5.74) is 6.66. The van der Waals surface area contributed by atoms with E-state index in [0.717, 1.165) is 0 Å². The molecule has 8 nitrogen and oxygen atoms in total. The summed E-state index contributed by atoms with van der Waals surface area (Å²) in [6.45, 7) is 0.